The van der Waals surface area contributed by atoms with Crippen molar-refractivity contribution in [3.05, 3.63) is 113 Å². The normalized spacial score (nSPS) is 15.4. The van der Waals surface area contributed by atoms with Crippen molar-refractivity contribution in [2.45, 2.75) is 42.5 Å². The molecule has 0 radical (unpaired) electrons. The number of benzene rings is 4. The largest absolute Gasteiger partial charge is 0.493 e. The molecule has 2 aliphatic rings. The SMILES string of the molecule is COc1ccc([C@@H]2c3c(C)nn(-c4ccc(S(=O)(=O)c5ccc(C(C)C)cc5)cc4)c3N=C3C(=O)Nc4ccccc4N32)cc1OC. The van der Waals surface area contributed by atoms with Crippen molar-refractivity contribution in [2.75, 3.05) is 24.4 Å². The van der Waals surface area contributed by atoms with E-state index in [1.165, 1.54) is 0 Å². The molecule has 10 nitrogen and oxygen atoms in total. The fourth-order valence-corrected chi connectivity index (χ4v) is 7.46. The Morgan fingerprint density at radius 1 is 0.851 bits per heavy atom. The zero-order valence-electron chi connectivity index (χ0n) is 26.6. The van der Waals surface area contributed by atoms with E-state index < -0.39 is 15.9 Å². The molecule has 2 aliphatic heterocycles. The van der Waals surface area contributed by atoms with Crippen molar-refractivity contribution >= 4 is 38.8 Å². The number of hydrogen-bond acceptors (Lipinski definition) is 8. The van der Waals surface area contributed by atoms with Gasteiger partial charge in [0.15, 0.2) is 17.3 Å². The molecule has 238 valence electrons. The number of nitrogens with one attached hydrogen (secondary N) is 1. The summed E-state index contributed by atoms with van der Waals surface area (Å²) < 4.78 is 39.8. The topological polar surface area (TPSA) is 115 Å². The highest BCUT2D eigenvalue weighted by molar-refractivity contribution is 7.91. The van der Waals surface area contributed by atoms with Crippen molar-refractivity contribution in [1.29, 1.82) is 0 Å². The lowest BCUT2D eigenvalue weighted by Crippen LogP contribution is -2.48. The van der Waals surface area contributed by atoms with Crippen LogP contribution in [0, 0.1) is 6.92 Å². The lowest BCUT2D eigenvalue weighted by Gasteiger charge is -2.40. The van der Waals surface area contributed by atoms with Crippen LogP contribution in [-0.4, -0.2) is 44.2 Å². The molecule has 1 atom stereocenters. The first-order valence-electron chi connectivity index (χ1n) is 15.2. The van der Waals surface area contributed by atoms with Gasteiger partial charge in [-0.1, -0.05) is 44.2 Å². The maximum atomic E-state index is 13.6. The summed E-state index contributed by atoms with van der Waals surface area (Å²) in [5.41, 5.74) is 5.48. The van der Waals surface area contributed by atoms with Gasteiger partial charge in [0.05, 0.1) is 52.8 Å². The summed E-state index contributed by atoms with van der Waals surface area (Å²) >= 11 is 0. The number of carbonyl (C=O) groups excluding carboxylic acids is 1. The quantitative estimate of drug-likeness (QED) is 0.208. The Bertz CT molecular complexity index is 2170. The van der Waals surface area contributed by atoms with Crippen molar-refractivity contribution in [2.24, 2.45) is 4.99 Å². The number of amides is 1. The number of anilines is 2. The number of rotatable bonds is 7. The summed E-state index contributed by atoms with van der Waals surface area (Å²) in [6.45, 7) is 6.03. The molecule has 1 N–H and O–H groups in total. The molecule has 0 saturated heterocycles. The van der Waals surface area contributed by atoms with Gasteiger partial charge < -0.3 is 19.7 Å². The number of aromatic nitrogens is 2. The van der Waals surface area contributed by atoms with Crippen LogP contribution < -0.4 is 19.7 Å². The Morgan fingerprint density at radius 2 is 1.51 bits per heavy atom. The molecule has 4 aromatic carbocycles. The fraction of sp³-hybridized carbons (Fsp3) is 0.194. The second kappa shape index (κ2) is 11.4. The molecule has 0 saturated carbocycles. The third-order valence-corrected chi connectivity index (χ3v) is 10.4. The van der Waals surface area contributed by atoms with Crippen molar-refractivity contribution in [3.8, 4) is 17.2 Å². The highest BCUT2D eigenvalue weighted by Crippen LogP contribution is 2.48. The Labute approximate surface area is 273 Å². The highest BCUT2D eigenvalue weighted by atomic mass is 32.2. The van der Waals surface area contributed by atoms with Crippen LogP contribution in [0.25, 0.3) is 5.69 Å². The number of hydrogen-bond donors (Lipinski definition) is 1. The van der Waals surface area contributed by atoms with Crippen LogP contribution in [0.3, 0.4) is 0 Å². The standard InChI is InChI=1S/C36H33N5O5S/c1-21(2)23-10-15-26(16-11-23)47(43,44)27-17-13-25(14-18-27)41-34-32(22(3)39-41)33(24-12-19-30(45-4)31(20-24)46-5)40-29-9-7-6-8-28(29)37-36(42)35(40)38-34/h6-21,33H,1-5H3,(H,37,42)/t33-/m1/s1. The van der Waals surface area contributed by atoms with Crippen molar-refractivity contribution in [3.63, 3.8) is 0 Å². The Hall–Kier alpha value is -5.42. The van der Waals surface area contributed by atoms with Crippen LogP contribution in [0.5, 0.6) is 11.5 Å². The molecule has 1 aromatic heterocycles. The molecule has 0 fully saturated rings. The van der Waals surface area contributed by atoms with E-state index in [0.717, 1.165) is 22.4 Å². The number of methoxy groups -OCH3 is 2. The number of aryl methyl sites for hydroxylation is 1. The first kappa shape index (κ1) is 30.2. The summed E-state index contributed by atoms with van der Waals surface area (Å²) in [6, 6.07) is 26.3. The van der Waals surface area contributed by atoms with Crippen LogP contribution in [0.1, 0.15) is 48.2 Å². The third-order valence-electron chi connectivity index (χ3n) is 8.64. The molecular weight excluding hydrogens is 614 g/mol. The zero-order chi connectivity index (χ0) is 33.0. The summed E-state index contributed by atoms with van der Waals surface area (Å²) in [6.07, 6.45) is 0. The molecule has 1 amide bonds. The number of nitrogens with zero attached hydrogens (tertiary/aromatic N) is 4. The van der Waals surface area contributed by atoms with E-state index in [1.807, 2.05) is 66.4 Å². The van der Waals surface area contributed by atoms with Crippen LogP contribution in [-0.2, 0) is 14.6 Å². The molecule has 0 bridgehead atoms. The molecule has 7 rings (SSSR count). The van der Waals surface area contributed by atoms with E-state index in [0.29, 0.717) is 40.3 Å². The molecule has 0 unspecified atom stereocenters. The number of amidine groups is 1. The van der Waals surface area contributed by atoms with Crippen LogP contribution in [0.4, 0.5) is 17.2 Å². The number of ether oxygens (including phenoxy) is 2. The van der Waals surface area contributed by atoms with Crippen LogP contribution in [0.2, 0.25) is 0 Å². The molecule has 0 aliphatic carbocycles. The van der Waals surface area contributed by atoms with Crippen molar-refractivity contribution in [1.82, 2.24) is 9.78 Å². The van der Waals surface area contributed by atoms with Gasteiger partial charge >= 0.3 is 0 Å². The minimum absolute atomic E-state index is 0.167. The van der Waals surface area contributed by atoms with Gasteiger partial charge in [-0.25, -0.2) is 18.1 Å². The number of para-hydroxylation sites is 2. The van der Waals surface area contributed by atoms with E-state index in [-0.39, 0.29) is 21.5 Å². The minimum atomic E-state index is -3.74. The number of carbonyl (C=O) groups is 1. The van der Waals surface area contributed by atoms with Gasteiger partial charge in [-0.2, -0.15) is 5.10 Å². The van der Waals surface area contributed by atoms with Gasteiger partial charge in [0.2, 0.25) is 15.7 Å². The number of sulfone groups is 1. The summed E-state index contributed by atoms with van der Waals surface area (Å²) in [4.78, 5) is 20.8. The average molecular weight is 648 g/mol. The van der Waals surface area contributed by atoms with E-state index in [1.54, 1.807) is 55.3 Å². The van der Waals surface area contributed by atoms with Gasteiger partial charge in [0.25, 0.3) is 5.91 Å². The average Bonchev–Trinajstić information content (AvgIpc) is 3.42. The predicted molar refractivity (Wildman–Crippen MR) is 180 cm³/mol. The lowest BCUT2D eigenvalue weighted by molar-refractivity contribution is -0.110. The second-order valence-electron chi connectivity index (χ2n) is 11.7. The van der Waals surface area contributed by atoms with Crippen LogP contribution in [0.15, 0.2) is 106 Å². The number of aliphatic imine (C=N–C) groups is 1. The molecule has 5 aromatic rings. The Balaban J connectivity index is 1.36. The first-order valence-corrected chi connectivity index (χ1v) is 16.7. The van der Waals surface area contributed by atoms with E-state index in [2.05, 4.69) is 19.2 Å². The monoisotopic (exact) mass is 647 g/mol. The smallest absolute Gasteiger partial charge is 0.291 e. The van der Waals surface area contributed by atoms with Gasteiger partial charge in [0, 0.05) is 5.56 Å². The van der Waals surface area contributed by atoms with Gasteiger partial charge in [-0.3, -0.25) is 4.79 Å². The zero-order valence-corrected chi connectivity index (χ0v) is 27.4. The maximum absolute atomic E-state index is 13.6. The maximum Gasteiger partial charge on any atom is 0.291 e. The summed E-state index contributed by atoms with van der Waals surface area (Å²) in [5.74, 6) is 1.76. The molecular formula is C36H33N5O5S. The molecule has 11 heteroatoms. The second-order valence-corrected chi connectivity index (χ2v) is 13.7. The summed E-state index contributed by atoms with van der Waals surface area (Å²) in [7, 11) is -0.576. The summed E-state index contributed by atoms with van der Waals surface area (Å²) in [5, 5.41) is 7.84. The van der Waals surface area contributed by atoms with Gasteiger partial charge in [-0.15, -0.1) is 0 Å². The Kier molecular flexibility index (Phi) is 7.35. The van der Waals surface area contributed by atoms with Crippen LogP contribution >= 0.6 is 0 Å². The van der Waals surface area contributed by atoms with E-state index in [4.69, 9.17) is 19.6 Å². The Morgan fingerprint density at radius 3 is 2.17 bits per heavy atom. The van der Waals surface area contributed by atoms with Crippen molar-refractivity contribution < 1.29 is 22.7 Å². The molecule has 0 spiro atoms. The van der Waals surface area contributed by atoms with Gasteiger partial charge in [-0.05, 0) is 84.6 Å². The van der Waals surface area contributed by atoms with E-state index in [9.17, 15) is 13.2 Å². The highest BCUT2D eigenvalue weighted by Gasteiger charge is 2.43. The fourth-order valence-electron chi connectivity index (χ4n) is 6.19. The predicted octanol–water partition coefficient (Wildman–Crippen LogP) is 6.75. The lowest BCUT2D eigenvalue weighted by atomic mass is 9.93. The van der Waals surface area contributed by atoms with Gasteiger partial charge in [0.1, 0.15) is 0 Å². The minimum Gasteiger partial charge on any atom is -0.493 e. The molecule has 3 heterocycles. The van der Waals surface area contributed by atoms with E-state index >= 15 is 0 Å². The first-order chi connectivity index (χ1) is 22.6. The number of fused-ring (bicyclic) bond motifs is 4. The third kappa shape index (κ3) is 4.94. The molecule has 47 heavy (non-hydrogen) atoms.